The van der Waals surface area contributed by atoms with Crippen molar-refractivity contribution in [2.24, 2.45) is 5.41 Å². The van der Waals surface area contributed by atoms with Gasteiger partial charge in [-0.15, -0.1) is 11.6 Å². The fourth-order valence-corrected chi connectivity index (χ4v) is 1.47. The van der Waals surface area contributed by atoms with E-state index in [0.717, 1.165) is 5.56 Å². The van der Waals surface area contributed by atoms with Gasteiger partial charge in [-0.2, -0.15) is 13.2 Å². The van der Waals surface area contributed by atoms with Crippen LogP contribution in [0.15, 0.2) is 24.3 Å². The van der Waals surface area contributed by atoms with Crippen LogP contribution in [0.3, 0.4) is 0 Å². The lowest BCUT2D eigenvalue weighted by atomic mass is 9.95. The molecule has 0 unspecified atom stereocenters. The van der Waals surface area contributed by atoms with Crippen molar-refractivity contribution in [3.63, 3.8) is 0 Å². The summed E-state index contributed by atoms with van der Waals surface area (Å²) in [6, 6.07) is 6.05. The Morgan fingerprint density at radius 2 is 1.81 bits per heavy atom. The van der Waals surface area contributed by atoms with E-state index < -0.39 is 18.2 Å². The van der Waals surface area contributed by atoms with Crippen molar-refractivity contribution in [3.05, 3.63) is 29.8 Å². The summed E-state index contributed by atoms with van der Waals surface area (Å²) in [5.74, 6) is 0.140. The van der Waals surface area contributed by atoms with Crippen molar-refractivity contribution in [3.8, 4) is 5.75 Å². The second-order valence-corrected chi connectivity index (χ2v) is 5.52. The van der Waals surface area contributed by atoms with E-state index in [1.165, 1.54) is 12.1 Å². The number of benzene rings is 1. The lowest BCUT2D eigenvalue weighted by Gasteiger charge is -2.20. The number of hydrogen-bond acceptors (Lipinski definition) is 2. The number of halogens is 4. The molecule has 0 bridgehead atoms. The molecule has 0 aliphatic heterocycles. The number of carbonyl (C=O) groups is 1. The number of ether oxygens (including phenoxy) is 1. The quantitative estimate of drug-likeness (QED) is 0.814. The van der Waals surface area contributed by atoms with Gasteiger partial charge in [0.05, 0.1) is 5.41 Å². The van der Waals surface area contributed by atoms with Gasteiger partial charge in [0.15, 0.2) is 6.61 Å². The Balaban J connectivity index is 2.50. The zero-order valence-electron chi connectivity index (χ0n) is 11.8. The van der Waals surface area contributed by atoms with E-state index in [0.29, 0.717) is 0 Å². The van der Waals surface area contributed by atoms with E-state index in [2.05, 4.69) is 10.1 Å². The first-order valence-electron chi connectivity index (χ1n) is 6.27. The third-order valence-electron chi connectivity index (χ3n) is 2.73. The fourth-order valence-electron chi connectivity index (χ4n) is 1.35. The molecule has 1 amide bonds. The molecule has 1 N–H and O–H groups in total. The van der Waals surface area contributed by atoms with Gasteiger partial charge in [-0.3, -0.25) is 4.79 Å². The van der Waals surface area contributed by atoms with Gasteiger partial charge in [0.2, 0.25) is 5.91 Å². The maximum absolute atomic E-state index is 12.0. The standard InChI is InChI=1S/C14H17ClF3NO2/c1-13(2,8-15)12(20)19-7-10-3-5-11(6-4-10)21-9-14(16,17)18/h3-6H,7-9H2,1-2H3,(H,19,20). The largest absolute Gasteiger partial charge is 0.484 e. The smallest absolute Gasteiger partial charge is 0.422 e. The minimum atomic E-state index is -4.36. The Morgan fingerprint density at radius 3 is 2.29 bits per heavy atom. The Bertz CT molecular complexity index is 472. The van der Waals surface area contributed by atoms with E-state index in [4.69, 9.17) is 11.6 Å². The summed E-state index contributed by atoms with van der Waals surface area (Å²) >= 11 is 5.69. The number of nitrogens with one attached hydrogen (secondary N) is 1. The number of amides is 1. The van der Waals surface area contributed by atoms with Crippen molar-refractivity contribution in [2.75, 3.05) is 12.5 Å². The summed E-state index contributed by atoms with van der Waals surface area (Å²) in [5, 5.41) is 2.72. The van der Waals surface area contributed by atoms with Crippen LogP contribution in [0.25, 0.3) is 0 Å². The second-order valence-electron chi connectivity index (χ2n) is 5.25. The van der Waals surface area contributed by atoms with Crippen LogP contribution in [0, 0.1) is 5.41 Å². The number of carbonyl (C=O) groups excluding carboxylic acids is 1. The molecule has 0 fully saturated rings. The monoisotopic (exact) mass is 323 g/mol. The highest BCUT2D eigenvalue weighted by Gasteiger charge is 2.28. The molecule has 1 rings (SSSR count). The molecule has 0 saturated heterocycles. The summed E-state index contributed by atoms with van der Waals surface area (Å²) in [6.07, 6.45) is -4.36. The van der Waals surface area contributed by atoms with Crippen molar-refractivity contribution in [1.29, 1.82) is 0 Å². The summed E-state index contributed by atoms with van der Waals surface area (Å²) in [6.45, 7) is 2.40. The van der Waals surface area contributed by atoms with E-state index in [1.807, 2.05) is 0 Å². The van der Waals surface area contributed by atoms with Crippen LogP contribution in [-0.4, -0.2) is 24.6 Å². The predicted molar refractivity (Wildman–Crippen MR) is 74.3 cm³/mol. The van der Waals surface area contributed by atoms with Crippen LogP contribution in [0.5, 0.6) is 5.75 Å². The summed E-state index contributed by atoms with van der Waals surface area (Å²) in [4.78, 5) is 11.8. The van der Waals surface area contributed by atoms with Gasteiger partial charge in [0.25, 0.3) is 0 Å². The van der Waals surface area contributed by atoms with Crippen LogP contribution >= 0.6 is 11.6 Å². The van der Waals surface area contributed by atoms with Gasteiger partial charge >= 0.3 is 6.18 Å². The predicted octanol–water partition coefficient (Wildman–Crippen LogP) is 3.51. The molecule has 0 saturated carbocycles. The highest BCUT2D eigenvalue weighted by Crippen LogP contribution is 2.19. The lowest BCUT2D eigenvalue weighted by Crippen LogP contribution is -2.37. The Hall–Kier alpha value is -1.43. The van der Waals surface area contributed by atoms with Crippen molar-refractivity contribution in [1.82, 2.24) is 5.32 Å². The minimum Gasteiger partial charge on any atom is -0.484 e. The van der Waals surface area contributed by atoms with Crippen LogP contribution in [0.2, 0.25) is 0 Å². The van der Waals surface area contributed by atoms with Gasteiger partial charge in [0.1, 0.15) is 5.75 Å². The molecule has 0 heterocycles. The molecule has 0 aromatic heterocycles. The van der Waals surface area contributed by atoms with E-state index in [9.17, 15) is 18.0 Å². The van der Waals surface area contributed by atoms with Crippen molar-refractivity contribution >= 4 is 17.5 Å². The maximum Gasteiger partial charge on any atom is 0.422 e. The molecule has 0 aliphatic carbocycles. The van der Waals surface area contributed by atoms with Gasteiger partial charge in [-0.25, -0.2) is 0 Å². The molecule has 3 nitrogen and oxygen atoms in total. The Kier molecular flexibility index (Phi) is 5.89. The molecule has 1 aromatic rings. The molecule has 0 atom stereocenters. The molecule has 1 aromatic carbocycles. The average molecular weight is 324 g/mol. The topological polar surface area (TPSA) is 38.3 Å². The SMILES string of the molecule is CC(C)(CCl)C(=O)NCc1ccc(OCC(F)(F)F)cc1. The van der Waals surface area contributed by atoms with Crippen LogP contribution in [-0.2, 0) is 11.3 Å². The second kappa shape index (κ2) is 7.02. The molecular weight excluding hydrogens is 307 g/mol. The Morgan fingerprint density at radius 1 is 1.24 bits per heavy atom. The molecule has 118 valence electrons. The van der Waals surface area contributed by atoms with E-state index >= 15 is 0 Å². The molecule has 21 heavy (non-hydrogen) atoms. The number of rotatable bonds is 6. The van der Waals surface area contributed by atoms with Crippen LogP contribution in [0.1, 0.15) is 19.4 Å². The summed E-state index contributed by atoms with van der Waals surface area (Å²) in [5.41, 5.74) is 0.0882. The number of alkyl halides is 4. The van der Waals surface area contributed by atoms with Crippen LogP contribution in [0.4, 0.5) is 13.2 Å². The van der Waals surface area contributed by atoms with Gasteiger partial charge < -0.3 is 10.1 Å². The highest BCUT2D eigenvalue weighted by atomic mass is 35.5. The zero-order valence-corrected chi connectivity index (χ0v) is 12.5. The molecular formula is C14H17ClF3NO2. The zero-order chi connectivity index (χ0) is 16.1. The number of hydrogen-bond donors (Lipinski definition) is 1. The third kappa shape index (κ3) is 6.25. The van der Waals surface area contributed by atoms with Crippen molar-refractivity contribution in [2.45, 2.75) is 26.6 Å². The molecule has 0 radical (unpaired) electrons. The van der Waals surface area contributed by atoms with Gasteiger partial charge in [0, 0.05) is 12.4 Å². The fraction of sp³-hybridized carbons (Fsp3) is 0.500. The Labute approximate surface area is 126 Å². The third-order valence-corrected chi connectivity index (χ3v) is 3.40. The van der Waals surface area contributed by atoms with Gasteiger partial charge in [-0.05, 0) is 31.5 Å². The maximum atomic E-state index is 12.0. The molecule has 7 heteroatoms. The normalized spacial score (nSPS) is 12.1. The van der Waals surface area contributed by atoms with E-state index in [-0.39, 0.29) is 24.1 Å². The highest BCUT2D eigenvalue weighted by molar-refractivity contribution is 6.19. The molecule has 0 aliphatic rings. The van der Waals surface area contributed by atoms with Crippen molar-refractivity contribution < 1.29 is 22.7 Å². The minimum absolute atomic E-state index is 0.128. The van der Waals surface area contributed by atoms with Crippen LogP contribution < -0.4 is 10.1 Å². The van der Waals surface area contributed by atoms with Gasteiger partial charge in [-0.1, -0.05) is 12.1 Å². The first kappa shape index (κ1) is 17.6. The van der Waals surface area contributed by atoms with E-state index in [1.54, 1.807) is 26.0 Å². The molecule has 0 spiro atoms. The average Bonchev–Trinajstić information content (AvgIpc) is 2.42. The first-order valence-corrected chi connectivity index (χ1v) is 6.80. The lowest BCUT2D eigenvalue weighted by molar-refractivity contribution is -0.153. The summed E-state index contributed by atoms with van der Waals surface area (Å²) in [7, 11) is 0. The summed E-state index contributed by atoms with van der Waals surface area (Å²) < 4.78 is 40.6. The first-order chi connectivity index (χ1) is 9.64.